The van der Waals surface area contributed by atoms with Gasteiger partial charge in [0, 0.05) is 11.8 Å². The predicted octanol–water partition coefficient (Wildman–Crippen LogP) is 2.85. The number of carbonyl (C=O) groups excluding carboxylic acids is 1. The number of anilines is 1. The van der Waals surface area contributed by atoms with Gasteiger partial charge in [0.25, 0.3) is 0 Å². The first-order valence-electron chi connectivity index (χ1n) is 7.29. The van der Waals surface area contributed by atoms with Crippen LogP contribution in [0.5, 0.6) is 0 Å². The van der Waals surface area contributed by atoms with Crippen molar-refractivity contribution in [3.63, 3.8) is 0 Å². The maximum Gasteiger partial charge on any atom is 0.220 e. The van der Waals surface area contributed by atoms with Crippen molar-refractivity contribution in [3.8, 4) is 0 Å². The van der Waals surface area contributed by atoms with Gasteiger partial charge in [0.15, 0.2) is 5.13 Å². The van der Waals surface area contributed by atoms with Gasteiger partial charge in [0.1, 0.15) is 0 Å². The number of thiazole rings is 1. The predicted molar refractivity (Wildman–Crippen MR) is 85.1 cm³/mol. The van der Waals surface area contributed by atoms with Gasteiger partial charge in [0.05, 0.1) is 11.7 Å². The van der Waals surface area contributed by atoms with E-state index in [0.29, 0.717) is 18.0 Å². The molecule has 0 saturated heterocycles. The van der Waals surface area contributed by atoms with Gasteiger partial charge >= 0.3 is 0 Å². The van der Waals surface area contributed by atoms with Crippen molar-refractivity contribution in [2.45, 2.75) is 38.1 Å². The molecule has 3 rings (SSSR count). The molecular formula is C16H19N3OS. The van der Waals surface area contributed by atoms with E-state index in [4.69, 9.17) is 5.73 Å². The summed E-state index contributed by atoms with van der Waals surface area (Å²) in [5.41, 5.74) is 9.13. The highest BCUT2D eigenvalue weighted by molar-refractivity contribution is 7.13. The third-order valence-corrected chi connectivity index (χ3v) is 4.61. The minimum Gasteiger partial charge on any atom is -0.375 e. The average Bonchev–Trinajstić information content (AvgIpc) is 2.91. The van der Waals surface area contributed by atoms with Crippen LogP contribution in [0.2, 0.25) is 0 Å². The molecule has 0 aliphatic heterocycles. The Balaban J connectivity index is 1.58. The Morgan fingerprint density at radius 2 is 2.29 bits per heavy atom. The van der Waals surface area contributed by atoms with Crippen molar-refractivity contribution in [3.05, 3.63) is 46.5 Å². The highest BCUT2D eigenvalue weighted by Gasteiger charge is 2.21. The van der Waals surface area contributed by atoms with Gasteiger partial charge in [-0.15, -0.1) is 11.3 Å². The number of nitrogens with one attached hydrogen (secondary N) is 1. The lowest BCUT2D eigenvalue weighted by Crippen LogP contribution is -2.31. The number of hydrogen-bond donors (Lipinski definition) is 2. The number of aromatic nitrogens is 1. The zero-order chi connectivity index (χ0) is 14.7. The molecule has 2 aromatic rings. The largest absolute Gasteiger partial charge is 0.375 e. The zero-order valence-electron chi connectivity index (χ0n) is 11.8. The highest BCUT2D eigenvalue weighted by Crippen LogP contribution is 2.29. The summed E-state index contributed by atoms with van der Waals surface area (Å²) >= 11 is 1.42. The Kier molecular flexibility index (Phi) is 4.20. The molecule has 0 spiro atoms. The molecule has 5 heteroatoms. The van der Waals surface area contributed by atoms with Gasteiger partial charge in [0.2, 0.25) is 5.91 Å². The molecule has 1 aliphatic rings. The summed E-state index contributed by atoms with van der Waals surface area (Å²) in [6.07, 6.45) is 4.37. The molecule has 21 heavy (non-hydrogen) atoms. The summed E-state index contributed by atoms with van der Waals surface area (Å²) in [7, 11) is 0. The Hall–Kier alpha value is -1.88. The Morgan fingerprint density at radius 3 is 3.10 bits per heavy atom. The smallest absolute Gasteiger partial charge is 0.220 e. The molecule has 1 aliphatic carbocycles. The van der Waals surface area contributed by atoms with Gasteiger partial charge in [-0.3, -0.25) is 4.79 Å². The second-order valence-corrected chi connectivity index (χ2v) is 6.28. The number of fused-ring (bicyclic) bond motifs is 1. The van der Waals surface area contributed by atoms with Crippen molar-refractivity contribution in [1.82, 2.24) is 10.3 Å². The van der Waals surface area contributed by atoms with Crippen LogP contribution in [0, 0.1) is 0 Å². The number of nitrogen functional groups attached to an aromatic ring is 1. The minimum atomic E-state index is 0.0864. The molecule has 3 N–H and O–H groups in total. The third-order valence-electron chi connectivity index (χ3n) is 3.88. The first kappa shape index (κ1) is 14.1. The molecule has 1 amide bonds. The van der Waals surface area contributed by atoms with Crippen LogP contribution in [0.3, 0.4) is 0 Å². The summed E-state index contributed by atoms with van der Waals surface area (Å²) in [5, 5.41) is 5.63. The van der Waals surface area contributed by atoms with Crippen LogP contribution in [-0.4, -0.2) is 10.9 Å². The molecule has 1 heterocycles. The van der Waals surface area contributed by atoms with Gasteiger partial charge in [-0.2, -0.15) is 0 Å². The number of benzene rings is 1. The van der Waals surface area contributed by atoms with Crippen LogP contribution < -0.4 is 11.1 Å². The van der Waals surface area contributed by atoms with E-state index in [-0.39, 0.29) is 11.9 Å². The summed E-state index contributed by atoms with van der Waals surface area (Å²) in [6.45, 7) is 0. The number of nitrogens with zero attached hydrogens (tertiary/aromatic N) is 1. The molecule has 0 saturated carbocycles. The first-order valence-corrected chi connectivity index (χ1v) is 8.17. The van der Waals surface area contributed by atoms with E-state index >= 15 is 0 Å². The van der Waals surface area contributed by atoms with Crippen LogP contribution in [0.4, 0.5) is 5.13 Å². The van der Waals surface area contributed by atoms with E-state index in [0.717, 1.165) is 25.0 Å². The fraction of sp³-hybridized carbons (Fsp3) is 0.375. The maximum atomic E-state index is 12.1. The molecule has 0 bridgehead atoms. The quantitative estimate of drug-likeness (QED) is 0.912. The van der Waals surface area contributed by atoms with Crippen LogP contribution >= 0.6 is 11.3 Å². The fourth-order valence-corrected chi connectivity index (χ4v) is 3.45. The number of hydrogen-bond acceptors (Lipinski definition) is 4. The van der Waals surface area contributed by atoms with Gasteiger partial charge in [-0.05, 0) is 36.8 Å². The molecule has 0 unspecified atom stereocenters. The third kappa shape index (κ3) is 3.42. The highest BCUT2D eigenvalue weighted by atomic mass is 32.1. The van der Waals surface area contributed by atoms with Crippen molar-refractivity contribution < 1.29 is 4.79 Å². The summed E-state index contributed by atoms with van der Waals surface area (Å²) in [5.74, 6) is 0.0864. The molecule has 0 fully saturated rings. The van der Waals surface area contributed by atoms with Crippen LogP contribution in [0.25, 0.3) is 0 Å². The fourth-order valence-electron chi connectivity index (χ4n) is 2.85. The summed E-state index contributed by atoms with van der Waals surface area (Å²) in [6, 6.07) is 8.55. The molecule has 1 aromatic heterocycles. The van der Waals surface area contributed by atoms with Crippen molar-refractivity contribution in [1.29, 1.82) is 0 Å². The molecule has 1 atom stereocenters. The molecule has 1 aromatic carbocycles. The Morgan fingerprint density at radius 1 is 1.43 bits per heavy atom. The topological polar surface area (TPSA) is 68.0 Å². The van der Waals surface area contributed by atoms with E-state index in [2.05, 4.69) is 28.5 Å². The summed E-state index contributed by atoms with van der Waals surface area (Å²) in [4.78, 5) is 16.3. The number of nitrogens with two attached hydrogens (primary N) is 1. The normalized spacial score (nSPS) is 17.2. The maximum absolute atomic E-state index is 12.1. The van der Waals surface area contributed by atoms with Crippen molar-refractivity contribution >= 4 is 22.4 Å². The van der Waals surface area contributed by atoms with Crippen LogP contribution in [0.15, 0.2) is 29.6 Å². The molecule has 110 valence electrons. The van der Waals surface area contributed by atoms with Gasteiger partial charge in [-0.25, -0.2) is 4.98 Å². The van der Waals surface area contributed by atoms with Crippen LogP contribution in [0.1, 0.15) is 42.1 Å². The standard InChI is InChI=1S/C16H19N3OS/c17-16-18-12(10-21-16)8-9-15(20)19-14-7-3-5-11-4-1-2-6-13(11)14/h1-2,4,6,10,14H,3,5,7-9H2,(H2,17,18)(H,19,20)/t14-/m0/s1. The zero-order valence-corrected chi connectivity index (χ0v) is 12.7. The second kappa shape index (κ2) is 6.26. The average molecular weight is 301 g/mol. The lowest BCUT2D eigenvalue weighted by atomic mass is 9.87. The Bertz CT molecular complexity index is 638. The first-order chi connectivity index (χ1) is 10.2. The number of rotatable bonds is 4. The second-order valence-electron chi connectivity index (χ2n) is 5.39. The summed E-state index contributed by atoms with van der Waals surface area (Å²) < 4.78 is 0. The number of aryl methyl sites for hydroxylation is 2. The SMILES string of the molecule is Nc1nc(CCC(=O)N[C@H]2CCCc3ccccc32)cs1. The van der Waals surface area contributed by atoms with Crippen LogP contribution in [-0.2, 0) is 17.6 Å². The number of carbonyl (C=O) groups is 1. The van der Waals surface area contributed by atoms with Crippen molar-refractivity contribution in [2.75, 3.05) is 5.73 Å². The Labute approximate surface area is 128 Å². The van der Waals surface area contributed by atoms with E-state index in [1.165, 1.54) is 22.5 Å². The van der Waals surface area contributed by atoms with Gasteiger partial charge in [-0.1, -0.05) is 24.3 Å². The van der Waals surface area contributed by atoms with E-state index in [9.17, 15) is 4.79 Å². The lowest BCUT2D eigenvalue weighted by Gasteiger charge is -2.26. The van der Waals surface area contributed by atoms with Gasteiger partial charge < -0.3 is 11.1 Å². The number of amides is 1. The molecular weight excluding hydrogens is 282 g/mol. The lowest BCUT2D eigenvalue weighted by molar-refractivity contribution is -0.121. The monoisotopic (exact) mass is 301 g/mol. The molecule has 0 radical (unpaired) electrons. The minimum absolute atomic E-state index is 0.0864. The van der Waals surface area contributed by atoms with E-state index < -0.39 is 0 Å². The van der Waals surface area contributed by atoms with Crippen molar-refractivity contribution in [2.24, 2.45) is 0 Å². The molecule has 4 nitrogen and oxygen atoms in total. The van der Waals surface area contributed by atoms with E-state index in [1.54, 1.807) is 0 Å². The van der Waals surface area contributed by atoms with E-state index in [1.807, 2.05) is 11.4 Å².